The van der Waals surface area contributed by atoms with Crippen LogP contribution >= 0.6 is 23.4 Å². The highest BCUT2D eigenvalue weighted by Gasteiger charge is 2.19. The quantitative estimate of drug-likeness (QED) is 0.515. The van der Waals surface area contributed by atoms with Gasteiger partial charge in [0.2, 0.25) is 5.91 Å². The second-order valence-electron chi connectivity index (χ2n) is 5.68. The summed E-state index contributed by atoms with van der Waals surface area (Å²) >= 11 is 7.27. The molecule has 1 atom stereocenters. The minimum absolute atomic E-state index is 0.109. The SMILES string of the molecule is CCNC(=O)[C@H](C)Sc1nc2cc(Cl)ccc2c(=O)n1Cc1ccco1. The molecule has 3 rings (SSSR count). The summed E-state index contributed by atoms with van der Waals surface area (Å²) in [5.41, 5.74) is 0.303. The number of benzene rings is 1. The van der Waals surface area contributed by atoms with E-state index in [0.29, 0.717) is 33.4 Å². The molecule has 3 aromatic rings. The molecule has 136 valence electrons. The molecule has 0 spiro atoms. The third-order valence-corrected chi connectivity index (χ3v) is 5.10. The Morgan fingerprint density at radius 2 is 2.23 bits per heavy atom. The zero-order valence-electron chi connectivity index (χ0n) is 14.4. The lowest BCUT2D eigenvalue weighted by Gasteiger charge is -2.15. The standard InChI is InChI=1S/C18H18ClN3O3S/c1-3-20-16(23)11(2)26-18-21-15-9-12(19)6-7-14(15)17(24)22(18)10-13-5-4-8-25-13/h4-9,11H,3,10H2,1-2H3,(H,20,23)/t11-/m0/s1. The van der Waals surface area contributed by atoms with Gasteiger partial charge in [-0.25, -0.2) is 4.98 Å². The number of carbonyl (C=O) groups excluding carboxylic acids is 1. The van der Waals surface area contributed by atoms with Crippen LogP contribution in [0.15, 0.2) is 51.0 Å². The van der Waals surface area contributed by atoms with Crippen LogP contribution in [-0.4, -0.2) is 27.3 Å². The van der Waals surface area contributed by atoms with E-state index < -0.39 is 5.25 Å². The number of furan rings is 1. The molecule has 0 unspecified atom stereocenters. The third kappa shape index (κ3) is 3.94. The Labute approximate surface area is 159 Å². The van der Waals surface area contributed by atoms with E-state index in [-0.39, 0.29) is 18.0 Å². The number of rotatable bonds is 6. The predicted molar refractivity (Wildman–Crippen MR) is 103 cm³/mol. The van der Waals surface area contributed by atoms with Gasteiger partial charge in [-0.3, -0.25) is 14.2 Å². The monoisotopic (exact) mass is 391 g/mol. The lowest BCUT2D eigenvalue weighted by atomic mass is 10.2. The maximum Gasteiger partial charge on any atom is 0.262 e. The minimum atomic E-state index is -0.402. The normalized spacial score (nSPS) is 12.3. The molecule has 0 aliphatic heterocycles. The maximum atomic E-state index is 13.0. The van der Waals surface area contributed by atoms with Crippen molar-refractivity contribution in [1.82, 2.24) is 14.9 Å². The van der Waals surface area contributed by atoms with Crippen molar-refractivity contribution in [3.63, 3.8) is 0 Å². The van der Waals surface area contributed by atoms with Gasteiger partial charge < -0.3 is 9.73 Å². The first-order valence-electron chi connectivity index (χ1n) is 8.16. The molecule has 8 heteroatoms. The van der Waals surface area contributed by atoms with E-state index in [1.54, 1.807) is 43.5 Å². The molecular formula is C18H18ClN3O3S. The van der Waals surface area contributed by atoms with Gasteiger partial charge in [-0.1, -0.05) is 23.4 Å². The van der Waals surface area contributed by atoms with Crippen molar-refractivity contribution >= 4 is 40.2 Å². The Bertz CT molecular complexity index is 985. The number of nitrogens with one attached hydrogen (secondary N) is 1. The number of carbonyl (C=O) groups is 1. The second kappa shape index (κ2) is 7.97. The van der Waals surface area contributed by atoms with Gasteiger partial charge in [-0.2, -0.15) is 0 Å². The van der Waals surface area contributed by atoms with Crippen LogP contribution in [0.5, 0.6) is 0 Å². The summed E-state index contributed by atoms with van der Waals surface area (Å²) in [4.78, 5) is 29.7. The highest BCUT2D eigenvalue weighted by atomic mass is 35.5. The molecule has 1 amide bonds. The minimum Gasteiger partial charge on any atom is -0.467 e. The molecule has 26 heavy (non-hydrogen) atoms. The van der Waals surface area contributed by atoms with Crippen LogP contribution in [0.1, 0.15) is 19.6 Å². The van der Waals surface area contributed by atoms with Gasteiger partial charge in [0, 0.05) is 11.6 Å². The van der Waals surface area contributed by atoms with Gasteiger partial charge in [-0.05, 0) is 44.2 Å². The number of hydrogen-bond donors (Lipinski definition) is 1. The van der Waals surface area contributed by atoms with Crippen molar-refractivity contribution in [3.8, 4) is 0 Å². The molecule has 0 radical (unpaired) electrons. The van der Waals surface area contributed by atoms with Crippen LogP contribution in [-0.2, 0) is 11.3 Å². The predicted octanol–water partition coefficient (Wildman–Crippen LogP) is 3.31. The Balaban J connectivity index is 2.08. The number of nitrogens with zero attached hydrogens (tertiary/aromatic N) is 2. The van der Waals surface area contributed by atoms with E-state index in [4.69, 9.17) is 16.0 Å². The molecule has 0 fully saturated rings. The van der Waals surface area contributed by atoms with Gasteiger partial charge in [-0.15, -0.1) is 0 Å². The average molecular weight is 392 g/mol. The van der Waals surface area contributed by atoms with Crippen LogP contribution in [0.4, 0.5) is 0 Å². The van der Waals surface area contributed by atoms with E-state index in [1.807, 2.05) is 6.92 Å². The van der Waals surface area contributed by atoms with Crippen molar-refractivity contribution in [2.75, 3.05) is 6.54 Å². The lowest BCUT2D eigenvalue weighted by molar-refractivity contribution is -0.120. The molecule has 2 heterocycles. The van der Waals surface area contributed by atoms with Gasteiger partial charge in [0.15, 0.2) is 5.16 Å². The van der Waals surface area contributed by atoms with E-state index in [2.05, 4.69) is 10.3 Å². The molecule has 0 bridgehead atoms. The smallest absolute Gasteiger partial charge is 0.262 e. The number of thioether (sulfide) groups is 1. The van der Waals surface area contributed by atoms with E-state index >= 15 is 0 Å². The van der Waals surface area contributed by atoms with Crippen molar-refractivity contribution in [2.24, 2.45) is 0 Å². The Hall–Kier alpha value is -2.25. The topological polar surface area (TPSA) is 77.1 Å². The van der Waals surface area contributed by atoms with Crippen LogP contribution in [0.3, 0.4) is 0 Å². The Morgan fingerprint density at radius 3 is 2.92 bits per heavy atom. The van der Waals surface area contributed by atoms with Crippen molar-refractivity contribution in [3.05, 3.63) is 57.7 Å². The molecule has 2 aromatic heterocycles. The number of aromatic nitrogens is 2. The Kier molecular flexibility index (Phi) is 5.68. The molecule has 1 aromatic carbocycles. The van der Waals surface area contributed by atoms with Crippen molar-refractivity contribution in [2.45, 2.75) is 30.8 Å². The highest BCUT2D eigenvalue weighted by molar-refractivity contribution is 8.00. The number of hydrogen-bond acceptors (Lipinski definition) is 5. The van der Waals surface area contributed by atoms with Gasteiger partial charge in [0.25, 0.3) is 5.56 Å². The first-order chi connectivity index (χ1) is 12.5. The van der Waals surface area contributed by atoms with Crippen LogP contribution in [0.2, 0.25) is 5.02 Å². The number of fused-ring (bicyclic) bond motifs is 1. The molecule has 0 aliphatic rings. The summed E-state index contributed by atoms with van der Waals surface area (Å²) in [6.45, 7) is 4.42. The van der Waals surface area contributed by atoms with Gasteiger partial charge in [0.05, 0.1) is 29.0 Å². The molecule has 0 saturated carbocycles. The van der Waals surface area contributed by atoms with Crippen LogP contribution < -0.4 is 10.9 Å². The fourth-order valence-corrected chi connectivity index (χ4v) is 3.59. The maximum absolute atomic E-state index is 13.0. The van der Waals surface area contributed by atoms with E-state index in [0.717, 1.165) is 0 Å². The largest absolute Gasteiger partial charge is 0.467 e. The van der Waals surface area contributed by atoms with Gasteiger partial charge in [0.1, 0.15) is 5.76 Å². The third-order valence-electron chi connectivity index (χ3n) is 3.78. The summed E-state index contributed by atoms with van der Waals surface area (Å²) in [7, 11) is 0. The number of amides is 1. The average Bonchev–Trinajstić information content (AvgIpc) is 3.11. The zero-order valence-corrected chi connectivity index (χ0v) is 15.9. The summed E-state index contributed by atoms with van der Waals surface area (Å²) in [5, 5.41) is 3.79. The fourth-order valence-electron chi connectivity index (χ4n) is 2.49. The van der Waals surface area contributed by atoms with Crippen molar-refractivity contribution in [1.29, 1.82) is 0 Å². The van der Waals surface area contributed by atoms with Gasteiger partial charge >= 0.3 is 0 Å². The molecular weight excluding hydrogens is 374 g/mol. The summed E-state index contributed by atoms with van der Waals surface area (Å²) in [5.74, 6) is 0.525. The van der Waals surface area contributed by atoms with Crippen LogP contribution in [0.25, 0.3) is 10.9 Å². The molecule has 0 saturated heterocycles. The van der Waals surface area contributed by atoms with Crippen molar-refractivity contribution < 1.29 is 9.21 Å². The first kappa shape index (κ1) is 18.5. The Morgan fingerprint density at radius 1 is 1.42 bits per heavy atom. The molecule has 6 nitrogen and oxygen atoms in total. The second-order valence-corrected chi connectivity index (χ2v) is 7.43. The van der Waals surface area contributed by atoms with E-state index in [9.17, 15) is 9.59 Å². The number of halogens is 1. The lowest BCUT2D eigenvalue weighted by Crippen LogP contribution is -2.32. The zero-order chi connectivity index (χ0) is 18.7. The summed E-state index contributed by atoms with van der Waals surface area (Å²) in [6, 6.07) is 8.52. The highest BCUT2D eigenvalue weighted by Crippen LogP contribution is 2.24. The fraction of sp³-hybridized carbons (Fsp3) is 0.278. The summed E-state index contributed by atoms with van der Waals surface area (Å²) in [6.07, 6.45) is 1.55. The van der Waals surface area contributed by atoms with Crippen LogP contribution in [0, 0.1) is 0 Å². The molecule has 1 N–H and O–H groups in total. The first-order valence-corrected chi connectivity index (χ1v) is 9.42. The van der Waals surface area contributed by atoms with E-state index in [1.165, 1.54) is 16.3 Å². The summed E-state index contributed by atoms with van der Waals surface area (Å²) < 4.78 is 6.90. The molecule has 0 aliphatic carbocycles.